The maximum Gasteiger partial charge on any atom is 0.134 e. The van der Waals surface area contributed by atoms with Crippen LogP contribution in [0.2, 0.25) is 0 Å². The molecule has 24 heavy (non-hydrogen) atoms. The van der Waals surface area contributed by atoms with Crippen molar-refractivity contribution in [2.24, 2.45) is 5.92 Å². The first-order chi connectivity index (χ1) is 11.3. The number of hydrogen-bond donors (Lipinski definition) is 2. The third-order valence-corrected chi connectivity index (χ3v) is 5.15. The SMILES string of the molecule is CC1(C)CC(Nc2cc(N3CCCC(CO)C3)ncn2)C(C)(C)O1. The van der Waals surface area contributed by atoms with Crippen molar-refractivity contribution >= 4 is 11.6 Å². The summed E-state index contributed by atoms with van der Waals surface area (Å²) in [6.07, 6.45) is 4.74. The van der Waals surface area contributed by atoms with E-state index in [9.17, 15) is 5.11 Å². The van der Waals surface area contributed by atoms with E-state index in [1.807, 2.05) is 6.07 Å². The van der Waals surface area contributed by atoms with E-state index >= 15 is 0 Å². The number of anilines is 2. The number of nitrogens with one attached hydrogen (secondary N) is 1. The second-order valence-corrected chi connectivity index (χ2v) is 8.26. The van der Waals surface area contributed by atoms with Gasteiger partial charge in [-0.05, 0) is 52.9 Å². The Labute approximate surface area is 144 Å². The first-order valence-corrected chi connectivity index (χ1v) is 8.94. The molecule has 2 unspecified atom stereocenters. The lowest BCUT2D eigenvalue weighted by atomic mass is 9.94. The monoisotopic (exact) mass is 334 g/mol. The molecule has 134 valence electrons. The van der Waals surface area contributed by atoms with Crippen LogP contribution in [0.1, 0.15) is 47.0 Å². The Morgan fingerprint density at radius 1 is 1.33 bits per heavy atom. The van der Waals surface area contributed by atoms with E-state index in [1.54, 1.807) is 6.33 Å². The summed E-state index contributed by atoms with van der Waals surface area (Å²) in [5.74, 6) is 2.11. The molecular weight excluding hydrogens is 304 g/mol. The van der Waals surface area contributed by atoms with Gasteiger partial charge in [-0.2, -0.15) is 0 Å². The maximum absolute atomic E-state index is 9.42. The quantitative estimate of drug-likeness (QED) is 0.881. The van der Waals surface area contributed by atoms with Crippen molar-refractivity contribution in [1.29, 1.82) is 0 Å². The van der Waals surface area contributed by atoms with Gasteiger partial charge >= 0.3 is 0 Å². The highest BCUT2D eigenvalue weighted by Gasteiger charge is 2.46. The van der Waals surface area contributed by atoms with Crippen molar-refractivity contribution in [1.82, 2.24) is 9.97 Å². The molecule has 2 atom stereocenters. The van der Waals surface area contributed by atoms with Crippen LogP contribution in [0.15, 0.2) is 12.4 Å². The summed E-state index contributed by atoms with van der Waals surface area (Å²) in [6, 6.07) is 2.23. The molecule has 6 nitrogen and oxygen atoms in total. The molecule has 0 aliphatic carbocycles. The summed E-state index contributed by atoms with van der Waals surface area (Å²) in [5.41, 5.74) is -0.361. The number of aliphatic hydroxyl groups is 1. The van der Waals surface area contributed by atoms with Gasteiger partial charge in [0.15, 0.2) is 0 Å². The van der Waals surface area contributed by atoms with E-state index in [4.69, 9.17) is 4.74 Å². The fourth-order valence-corrected chi connectivity index (χ4v) is 3.99. The predicted octanol–water partition coefficient (Wildman–Crippen LogP) is 2.44. The predicted molar refractivity (Wildman–Crippen MR) is 95.3 cm³/mol. The van der Waals surface area contributed by atoms with Crippen LogP contribution in [0.3, 0.4) is 0 Å². The minimum Gasteiger partial charge on any atom is -0.396 e. The van der Waals surface area contributed by atoms with Crippen molar-refractivity contribution < 1.29 is 9.84 Å². The van der Waals surface area contributed by atoms with Gasteiger partial charge in [-0.3, -0.25) is 0 Å². The fourth-order valence-electron chi connectivity index (χ4n) is 3.99. The van der Waals surface area contributed by atoms with Gasteiger partial charge in [0, 0.05) is 25.8 Å². The lowest BCUT2D eigenvalue weighted by Gasteiger charge is -2.33. The topological polar surface area (TPSA) is 70.5 Å². The van der Waals surface area contributed by atoms with Crippen molar-refractivity contribution in [3.63, 3.8) is 0 Å². The zero-order valence-electron chi connectivity index (χ0n) is 15.2. The summed E-state index contributed by atoms with van der Waals surface area (Å²) in [4.78, 5) is 11.1. The van der Waals surface area contributed by atoms with Crippen molar-refractivity contribution in [3.8, 4) is 0 Å². The molecule has 3 heterocycles. The van der Waals surface area contributed by atoms with Crippen LogP contribution in [0.5, 0.6) is 0 Å². The van der Waals surface area contributed by atoms with Crippen LogP contribution < -0.4 is 10.2 Å². The Balaban J connectivity index is 1.72. The summed E-state index contributed by atoms with van der Waals surface area (Å²) in [5, 5.41) is 13.0. The molecule has 0 saturated carbocycles. The Bertz CT molecular complexity index is 576. The minimum atomic E-state index is -0.234. The lowest BCUT2D eigenvalue weighted by molar-refractivity contribution is -0.0662. The van der Waals surface area contributed by atoms with Crippen molar-refractivity contribution in [3.05, 3.63) is 12.4 Å². The molecule has 2 aliphatic rings. The Morgan fingerprint density at radius 2 is 2.12 bits per heavy atom. The molecule has 0 amide bonds. The number of rotatable bonds is 4. The molecule has 0 spiro atoms. The van der Waals surface area contributed by atoms with E-state index < -0.39 is 0 Å². The number of hydrogen-bond acceptors (Lipinski definition) is 6. The molecule has 2 saturated heterocycles. The van der Waals surface area contributed by atoms with Gasteiger partial charge in [0.25, 0.3) is 0 Å². The Morgan fingerprint density at radius 3 is 2.79 bits per heavy atom. The fraction of sp³-hybridized carbons (Fsp3) is 0.778. The minimum absolute atomic E-state index is 0.127. The van der Waals surface area contributed by atoms with Crippen LogP contribution >= 0.6 is 0 Å². The van der Waals surface area contributed by atoms with Crippen LogP contribution in [-0.4, -0.2) is 52.0 Å². The average molecular weight is 334 g/mol. The summed E-state index contributed by atoms with van der Waals surface area (Å²) < 4.78 is 6.15. The molecular formula is C18H30N4O2. The van der Waals surface area contributed by atoms with E-state index in [2.05, 4.69) is 47.9 Å². The van der Waals surface area contributed by atoms with Crippen LogP contribution in [0.25, 0.3) is 0 Å². The van der Waals surface area contributed by atoms with E-state index in [0.29, 0.717) is 5.92 Å². The maximum atomic E-state index is 9.42. The highest BCUT2D eigenvalue weighted by Crippen LogP contribution is 2.38. The van der Waals surface area contributed by atoms with Gasteiger partial charge in [0.05, 0.1) is 17.2 Å². The highest BCUT2D eigenvalue weighted by molar-refractivity contribution is 5.49. The molecule has 1 aromatic rings. The second-order valence-electron chi connectivity index (χ2n) is 8.26. The summed E-state index contributed by atoms with van der Waals surface area (Å²) >= 11 is 0. The van der Waals surface area contributed by atoms with Gasteiger partial charge in [-0.25, -0.2) is 9.97 Å². The molecule has 3 rings (SSSR count). The number of aromatic nitrogens is 2. The van der Waals surface area contributed by atoms with Gasteiger partial charge in [-0.15, -0.1) is 0 Å². The number of piperidine rings is 1. The van der Waals surface area contributed by atoms with Crippen molar-refractivity contribution in [2.45, 2.75) is 64.2 Å². The van der Waals surface area contributed by atoms with Crippen LogP contribution in [-0.2, 0) is 4.74 Å². The summed E-state index contributed by atoms with van der Waals surface area (Å²) in [6.45, 7) is 10.6. The van der Waals surface area contributed by atoms with Crippen LogP contribution in [0.4, 0.5) is 11.6 Å². The van der Waals surface area contributed by atoms with Crippen LogP contribution in [0, 0.1) is 5.92 Å². The highest BCUT2D eigenvalue weighted by atomic mass is 16.5. The van der Waals surface area contributed by atoms with E-state index in [0.717, 1.165) is 44.0 Å². The molecule has 0 aromatic carbocycles. The Hall–Kier alpha value is -1.40. The van der Waals surface area contributed by atoms with E-state index in [-0.39, 0.29) is 23.9 Å². The molecule has 2 aliphatic heterocycles. The largest absolute Gasteiger partial charge is 0.396 e. The van der Waals surface area contributed by atoms with Crippen molar-refractivity contribution in [2.75, 3.05) is 29.9 Å². The molecule has 2 N–H and O–H groups in total. The van der Waals surface area contributed by atoms with Gasteiger partial charge < -0.3 is 20.1 Å². The van der Waals surface area contributed by atoms with E-state index in [1.165, 1.54) is 0 Å². The number of aliphatic hydroxyl groups excluding tert-OH is 1. The number of nitrogens with zero attached hydrogens (tertiary/aromatic N) is 3. The molecule has 1 aromatic heterocycles. The molecule has 2 fully saturated rings. The number of ether oxygens (including phenoxy) is 1. The van der Waals surface area contributed by atoms with Gasteiger partial charge in [0.2, 0.25) is 0 Å². The normalized spacial score (nSPS) is 28.8. The molecule has 0 radical (unpaired) electrons. The third-order valence-electron chi connectivity index (χ3n) is 5.15. The first kappa shape index (κ1) is 17.4. The second kappa shape index (κ2) is 6.48. The molecule has 6 heteroatoms. The molecule has 0 bridgehead atoms. The van der Waals surface area contributed by atoms with Gasteiger partial charge in [0.1, 0.15) is 18.0 Å². The zero-order chi connectivity index (χ0) is 17.4. The first-order valence-electron chi connectivity index (χ1n) is 8.94. The van der Waals surface area contributed by atoms with Gasteiger partial charge in [-0.1, -0.05) is 0 Å². The summed E-state index contributed by atoms with van der Waals surface area (Å²) in [7, 11) is 0. The Kier molecular flexibility index (Phi) is 4.71. The average Bonchev–Trinajstić information content (AvgIpc) is 2.74. The lowest BCUT2D eigenvalue weighted by Crippen LogP contribution is -2.39. The standard InChI is InChI=1S/C18H30N4O2/c1-17(2)9-14(18(3,4)24-17)21-15-8-16(20-12-19-15)22-7-5-6-13(10-22)11-23/h8,12-14,23H,5-7,9-11H2,1-4H3,(H,19,20,21). The smallest absolute Gasteiger partial charge is 0.134 e. The third kappa shape index (κ3) is 3.81. The zero-order valence-corrected chi connectivity index (χ0v) is 15.2.